The lowest BCUT2D eigenvalue weighted by Gasteiger charge is -2.30. The molecule has 0 saturated carbocycles. The first-order chi connectivity index (χ1) is 8.22. The van der Waals surface area contributed by atoms with Crippen molar-refractivity contribution >= 4 is 22.9 Å². The molecule has 7 heteroatoms. The summed E-state index contributed by atoms with van der Waals surface area (Å²) >= 11 is 4.80. The molecule has 0 atom stereocenters. The quantitative estimate of drug-likeness (QED) is 0.859. The van der Waals surface area contributed by atoms with Crippen LogP contribution in [0.1, 0.15) is 19.5 Å². The molecule has 0 amide bonds. The van der Waals surface area contributed by atoms with Crippen LogP contribution in [-0.4, -0.2) is 28.7 Å². The van der Waals surface area contributed by atoms with E-state index < -0.39 is 12.7 Å². The van der Waals surface area contributed by atoms with Crippen LogP contribution >= 0.6 is 12.2 Å². The second kappa shape index (κ2) is 5.51. The Morgan fingerprint density at radius 2 is 2.11 bits per heavy atom. The molecule has 0 spiro atoms. The van der Waals surface area contributed by atoms with Crippen LogP contribution in [-0.2, 0) is 0 Å². The Labute approximate surface area is 109 Å². The molecule has 18 heavy (non-hydrogen) atoms. The highest BCUT2D eigenvalue weighted by Crippen LogP contribution is 2.26. The number of anilines is 1. The molecule has 1 rings (SSSR count). The molecule has 0 aliphatic carbocycles. The lowest BCUT2D eigenvalue weighted by atomic mass is 10.2. The summed E-state index contributed by atoms with van der Waals surface area (Å²) in [6, 6.07) is 2.75. The highest BCUT2D eigenvalue weighted by Gasteiger charge is 2.33. The Morgan fingerprint density at radius 3 is 2.56 bits per heavy atom. The van der Waals surface area contributed by atoms with Crippen LogP contribution in [0.2, 0.25) is 0 Å². The predicted octanol–water partition coefficient (Wildman–Crippen LogP) is 2.49. The van der Waals surface area contributed by atoms with Gasteiger partial charge in [0.15, 0.2) is 0 Å². The standard InChI is InChI=1S/C11H14F3N3S/c1-7(2)17(6-11(12,13)14)8-4-3-5-16-9(8)10(15)18/h3-5,7H,6H2,1-2H3,(H2,15,18). The average Bonchev–Trinajstić information content (AvgIpc) is 2.24. The van der Waals surface area contributed by atoms with E-state index in [1.54, 1.807) is 19.9 Å². The predicted molar refractivity (Wildman–Crippen MR) is 68.7 cm³/mol. The zero-order chi connectivity index (χ0) is 13.9. The molecule has 0 radical (unpaired) electrons. The van der Waals surface area contributed by atoms with E-state index in [0.29, 0.717) is 5.69 Å². The van der Waals surface area contributed by atoms with Crippen LogP contribution in [0.4, 0.5) is 18.9 Å². The van der Waals surface area contributed by atoms with Crippen LogP contribution in [0.25, 0.3) is 0 Å². The van der Waals surface area contributed by atoms with Gasteiger partial charge < -0.3 is 10.6 Å². The van der Waals surface area contributed by atoms with Gasteiger partial charge in [-0.15, -0.1) is 0 Å². The van der Waals surface area contributed by atoms with Gasteiger partial charge in [-0.2, -0.15) is 13.2 Å². The minimum Gasteiger partial charge on any atom is -0.388 e. The highest BCUT2D eigenvalue weighted by atomic mass is 32.1. The summed E-state index contributed by atoms with van der Waals surface area (Å²) in [6.45, 7) is 2.27. The van der Waals surface area contributed by atoms with Gasteiger partial charge in [0.2, 0.25) is 0 Å². The van der Waals surface area contributed by atoms with Crippen molar-refractivity contribution in [1.82, 2.24) is 4.98 Å². The Balaban J connectivity index is 3.18. The highest BCUT2D eigenvalue weighted by molar-refractivity contribution is 7.80. The van der Waals surface area contributed by atoms with E-state index in [1.807, 2.05) is 0 Å². The lowest BCUT2D eigenvalue weighted by molar-refractivity contribution is -0.120. The molecule has 0 aromatic carbocycles. The third kappa shape index (κ3) is 3.83. The average molecular weight is 277 g/mol. The number of nitrogens with two attached hydrogens (primary N) is 1. The van der Waals surface area contributed by atoms with Gasteiger partial charge in [0, 0.05) is 12.2 Å². The van der Waals surface area contributed by atoms with E-state index in [2.05, 4.69) is 4.98 Å². The van der Waals surface area contributed by atoms with Gasteiger partial charge in [-0.05, 0) is 26.0 Å². The minimum absolute atomic E-state index is 0.0153. The number of thiocarbonyl (C=S) groups is 1. The molecule has 3 nitrogen and oxygen atoms in total. The lowest BCUT2D eigenvalue weighted by Crippen LogP contribution is -2.40. The number of alkyl halides is 3. The summed E-state index contributed by atoms with van der Waals surface area (Å²) in [5.74, 6) is 0. The fraction of sp³-hybridized carbons (Fsp3) is 0.455. The van der Waals surface area contributed by atoms with Gasteiger partial charge in [-0.3, -0.25) is 4.98 Å². The summed E-state index contributed by atoms with van der Waals surface area (Å²) in [7, 11) is 0. The minimum atomic E-state index is -4.30. The summed E-state index contributed by atoms with van der Waals surface area (Å²) in [5.41, 5.74) is 5.99. The summed E-state index contributed by atoms with van der Waals surface area (Å²) in [6.07, 6.45) is -2.85. The maximum absolute atomic E-state index is 12.6. The number of pyridine rings is 1. The molecule has 0 saturated heterocycles. The second-order valence-corrected chi connectivity index (χ2v) is 4.51. The molecular weight excluding hydrogens is 263 g/mol. The molecule has 2 N–H and O–H groups in total. The maximum atomic E-state index is 12.6. The number of rotatable bonds is 4. The van der Waals surface area contributed by atoms with Crippen LogP contribution < -0.4 is 10.6 Å². The van der Waals surface area contributed by atoms with Gasteiger partial charge in [-0.25, -0.2) is 0 Å². The topological polar surface area (TPSA) is 42.2 Å². The third-order valence-corrected chi connectivity index (χ3v) is 2.50. The first-order valence-corrected chi connectivity index (χ1v) is 5.71. The van der Waals surface area contributed by atoms with Crippen molar-refractivity contribution in [2.24, 2.45) is 5.73 Å². The molecule has 0 fully saturated rings. The summed E-state index contributed by atoms with van der Waals surface area (Å²) in [4.78, 5) is 5.10. The van der Waals surface area contributed by atoms with Crippen LogP contribution in [0, 0.1) is 0 Å². The van der Waals surface area contributed by atoms with Gasteiger partial charge in [0.25, 0.3) is 0 Å². The zero-order valence-electron chi connectivity index (χ0n) is 10.0. The van der Waals surface area contributed by atoms with Crippen LogP contribution in [0.3, 0.4) is 0 Å². The largest absolute Gasteiger partial charge is 0.405 e. The molecule has 0 unspecified atom stereocenters. The Kier molecular flexibility index (Phi) is 4.50. The normalized spacial score (nSPS) is 11.7. The molecular formula is C11H14F3N3S. The summed E-state index contributed by atoms with van der Waals surface area (Å²) in [5, 5.41) is 0. The SMILES string of the molecule is CC(C)N(CC(F)(F)F)c1cccnc1C(N)=S. The number of aromatic nitrogens is 1. The summed E-state index contributed by atoms with van der Waals surface area (Å²) < 4.78 is 37.7. The van der Waals surface area contributed by atoms with Crippen molar-refractivity contribution in [2.75, 3.05) is 11.4 Å². The smallest absolute Gasteiger partial charge is 0.388 e. The van der Waals surface area contributed by atoms with Gasteiger partial charge in [0.05, 0.1) is 5.69 Å². The zero-order valence-corrected chi connectivity index (χ0v) is 10.8. The van der Waals surface area contributed by atoms with Gasteiger partial charge in [-0.1, -0.05) is 12.2 Å². The maximum Gasteiger partial charge on any atom is 0.405 e. The van der Waals surface area contributed by atoms with Crippen molar-refractivity contribution in [2.45, 2.75) is 26.1 Å². The molecule has 0 bridgehead atoms. The third-order valence-electron chi connectivity index (χ3n) is 2.30. The van der Waals surface area contributed by atoms with E-state index >= 15 is 0 Å². The van der Waals surface area contributed by atoms with Crippen molar-refractivity contribution in [3.8, 4) is 0 Å². The molecule has 1 aromatic heterocycles. The van der Waals surface area contributed by atoms with Crippen molar-refractivity contribution in [1.29, 1.82) is 0 Å². The Morgan fingerprint density at radius 1 is 1.50 bits per heavy atom. The van der Waals surface area contributed by atoms with Gasteiger partial charge in [0.1, 0.15) is 17.2 Å². The molecule has 0 aliphatic rings. The first-order valence-electron chi connectivity index (χ1n) is 5.30. The first kappa shape index (κ1) is 14.7. The van der Waals surface area contributed by atoms with Gasteiger partial charge >= 0.3 is 6.18 Å². The fourth-order valence-corrected chi connectivity index (χ4v) is 1.71. The van der Waals surface area contributed by atoms with Crippen molar-refractivity contribution < 1.29 is 13.2 Å². The van der Waals surface area contributed by atoms with Crippen LogP contribution in [0.15, 0.2) is 18.3 Å². The molecule has 0 aliphatic heterocycles. The fourth-order valence-electron chi connectivity index (χ4n) is 1.56. The van der Waals surface area contributed by atoms with Crippen LogP contribution in [0.5, 0.6) is 0 Å². The number of nitrogens with zero attached hydrogens (tertiary/aromatic N) is 2. The number of hydrogen-bond acceptors (Lipinski definition) is 3. The Bertz CT molecular complexity index is 432. The van der Waals surface area contributed by atoms with E-state index in [9.17, 15) is 13.2 Å². The van der Waals surface area contributed by atoms with E-state index in [-0.39, 0.29) is 16.7 Å². The van der Waals surface area contributed by atoms with Crippen molar-refractivity contribution in [3.05, 3.63) is 24.0 Å². The number of hydrogen-bond donors (Lipinski definition) is 1. The Hall–Kier alpha value is -1.37. The molecule has 100 valence electrons. The molecule has 1 heterocycles. The van der Waals surface area contributed by atoms with Crippen molar-refractivity contribution in [3.63, 3.8) is 0 Å². The van der Waals surface area contributed by atoms with E-state index in [1.165, 1.54) is 17.2 Å². The monoisotopic (exact) mass is 277 g/mol. The molecule has 1 aromatic rings. The second-order valence-electron chi connectivity index (χ2n) is 4.07. The van der Waals surface area contributed by atoms with E-state index in [0.717, 1.165) is 0 Å². The van der Waals surface area contributed by atoms with E-state index in [4.69, 9.17) is 18.0 Å². The number of halogens is 3.